The monoisotopic (exact) mass is 694 g/mol. The van der Waals surface area contributed by atoms with Gasteiger partial charge in [0.25, 0.3) is 0 Å². The van der Waals surface area contributed by atoms with Gasteiger partial charge in [0.15, 0.2) is 12.4 Å². The summed E-state index contributed by atoms with van der Waals surface area (Å²) in [7, 11) is 5.60. The molecule has 2 aliphatic heterocycles. The summed E-state index contributed by atoms with van der Waals surface area (Å²) in [5.74, 6) is -3.39. The molecule has 14 atom stereocenters. The van der Waals surface area contributed by atoms with Crippen molar-refractivity contribution in [1.82, 2.24) is 9.80 Å². The second-order valence-electron chi connectivity index (χ2n) is 15.4. The summed E-state index contributed by atoms with van der Waals surface area (Å²) < 4.78 is 24.9. The lowest BCUT2D eigenvalue weighted by Crippen LogP contribution is -2.60. The fraction of sp³-hybridized carbons (Fsp3) is 0.784. The number of hydrogen-bond donors (Lipinski definition) is 4. The Hall–Kier alpha value is -2.16. The SMILES string of the molecule is CC[C@H]1OC(=O)[C@H](C)[C@@H](O)[C@H](C)[C@@H](O[C@@H]2O[C@H](C)C[C@H](N(C)C)[C@H]2OC(=O)c2ccccc2)[C@](C)(O)C[C@@H](C)CN(C)[C@H](C)[C@@H](O)[C@]1(C)O. The van der Waals surface area contributed by atoms with E-state index in [1.54, 1.807) is 52.0 Å². The van der Waals surface area contributed by atoms with Gasteiger partial charge in [-0.1, -0.05) is 39.0 Å². The normalized spacial score (nSPS) is 42.2. The zero-order valence-corrected chi connectivity index (χ0v) is 31.3. The molecule has 0 saturated carbocycles. The first-order chi connectivity index (χ1) is 22.7. The van der Waals surface area contributed by atoms with E-state index in [2.05, 4.69) is 0 Å². The van der Waals surface area contributed by atoms with E-state index in [-0.39, 0.29) is 30.9 Å². The van der Waals surface area contributed by atoms with Gasteiger partial charge in [-0.25, -0.2) is 4.79 Å². The van der Waals surface area contributed by atoms with E-state index in [9.17, 15) is 30.0 Å². The molecule has 3 rings (SSSR count). The number of esters is 2. The van der Waals surface area contributed by atoms with Crippen LogP contribution in [0, 0.1) is 17.8 Å². The molecular formula is C37H62N2O10. The largest absolute Gasteiger partial charge is 0.459 e. The van der Waals surface area contributed by atoms with Gasteiger partial charge in [-0.15, -0.1) is 0 Å². The standard InChI is InChI=1S/C37H62N2O10/c1-12-28-37(8,45)31(41)25(6)39(11)20-21(2)19-36(7,44)32(23(4)29(40)24(5)33(42)47-28)49-35-30(27(38(9)10)18-22(3)46-35)48-34(43)26-16-14-13-15-17-26/h13-17,21-25,27-32,35,40-41,44-45H,12,18-20H2,1-11H3/t21-,22-,23+,24-,25-,27+,28-,29+,30-,31-,32-,35+,36-,37-/m1/s1. The zero-order chi connectivity index (χ0) is 37.0. The number of nitrogens with zero attached hydrogens (tertiary/aromatic N) is 2. The van der Waals surface area contributed by atoms with Crippen molar-refractivity contribution < 1.29 is 49.0 Å². The van der Waals surface area contributed by atoms with Crippen LogP contribution in [0.1, 0.15) is 85.0 Å². The molecule has 0 amide bonds. The van der Waals surface area contributed by atoms with Crippen LogP contribution in [0.5, 0.6) is 0 Å². The lowest BCUT2D eigenvalue weighted by Gasteiger charge is -2.47. The molecule has 0 aromatic heterocycles. The second-order valence-corrected chi connectivity index (χ2v) is 15.4. The molecular weight excluding hydrogens is 632 g/mol. The summed E-state index contributed by atoms with van der Waals surface area (Å²) in [5.41, 5.74) is -2.98. The summed E-state index contributed by atoms with van der Waals surface area (Å²) in [6.45, 7) is 14.2. The van der Waals surface area contributed by atoms with Gasteiger partial charge in [0.1, 0.15) is 17.8 Å². The first kappa shape index (κ1) is 41.3. The Kier molecular flexibility index (Phi) is 14.2. The van der Waals surface area contributed by atoms with Crippen LogP contribution in [-0.2, 0) is 23.7 Å². The molecule has 2 fully saturated rings. The molecule has 12 nitrogen and oxygen atoms in total. The highest BCUT2D eigenvalue weighted by Gasteiger charge is 2.50. The summed E-state index contributed by atoms with van der Waals surface area (Å²) in [5, 5.41) is 46.7. The number of carbonyl (C=O) groups excluding carboxylic acids is 2. The number of benzene rings is 1. The molecule has 2 saturated heterocycles. The van der Waals surface area contributed by atoms with Crippen molar-refractivity contribution in [1.29, 1.82) is 0 Å². The van der Waals surface area contributed by atoms with Crippen molar-refractivity contribution in [3.63, 3.8) is 0 Å². The minimum atomic E-state index is -1.78. The number of aliphatic hydroxyl groups is 4. The lowest BCUT2D eigenvalue weighted by atomic mass is 9.78. The number of cyclic esters (lactones) is 1. The molecule has 0 radical (unpaired) electrons. The van der Waals surface area contributed by atoms with Gasteiger partial charge >= 0.3 is 11.9 Å². The maximum absolute atomic E-state index is 13.5. The predicted octanol–water partition coefficient (Wildman–Crippen LogP) is 2.84. The predicted molar refractivity (Wildman–Crippen MR) is 185 cm³/mol. The van der Waals surface area contributed by atoms with E-state index in [1.165, 1.54) is 13.8 Å². The highest BCUT2D eigenvalue weighted by molar-refractivity contribution is 5.89. The molecule has 0 unspecified atom stereocenters. The molecule has 1 aromatic rings. The van der Waals surface area contributed by atoms with Gasteiger partial charge in [0.05, 0.1) is 41.4 Å². The van der Waals surface area contributed by atoms with Crippen LogP contribution < -0.4 is 0 Å². The maximum atomic E-state index is 13.5. The highest BCUT2D eigenvalue weighted by Crippen LogP contribution is 2.37. The quantitative estimate of drug-likeness (QED) is 0.323. The number of aliphatic hydroxyl groups excluding tert-OH is 2. The number of carbonyl (C=O) groups is 2. The van der Waals surface area contributed by atoms with Crippen molar-refractivity contribution in [2.24, 2.45) is 17.8 Å². The van der Waals surface area contributed by atoms with Gasteiger partial charge in [0.2, 0.25) is 0 Å². The van der Waals surface area contributed by atoms with Crippen molar-refractivity contribution in [2.75, 3.05) is 27.7 Å². The van der Waals surface area contributed by atoms with Crippen LogP contribution in [0.4, 0.5) is 0 Å². The van der Waals surface area contributed by atoms with Gasteiger partial charge in [0, 0.05) is 18.5 Å². The van der Waals surface area contributed by atoms with E-state index in [4.69, 9.17) is 18.9 Å². The summed E-state index contributed by atoms with van der Waals surface area (Å²) in [6, 6.07) is 7.82. The van der Waals surface area contributed by atoms with Crippen molar-refractivity contribution in [3.05, 3.63) is 35.9 Å². The number of hydrogen-bond acceptors (Lipinski definition) is 12. The molecule has 0 spiro atoms. The van der Waals surface area contributed by atoms with Crippen LogP contribution in [0.15, 0.2) is 30.3 Å². The van der Waals surface area contributed by atoms with Crippen LogP contribution in [0.3, 0.4) is 0 Å². The van der Waals surface area contributed by atoms with Crippen molar-refractivity contribution >= 4 is 11.9 Å². The number of rotatable bonds is 6. The van der Waals surface area contributed by atoms with E-state index in [0.717, 1.165) is 0 Å². The van der Waals surface area contributed by atoms with E-state index in [0.29, 0.717) is 18.5 Å². The first-order valence-electron chi connectivity index (χ1n) is 17.7. The third-order valence-electron chi connectivity index (χ3n) is 10.7. The maximum Gasteiger partial charge on any atom is 0.338 e. The summed E-state index contributed by atoms with van der Waals surface area (Å²) in [6.07, 6.45) is -6.07. The average Bonchev–Trinajstić information content (AvgIpc) is 3.04. The van der Waals surface area contributed by atoms with Crippen LogP contribution in [0.2, 0.25) is 0 Å². The minimum absolute atomic E-state index is 0.148. The third-order valence-corrected chi connectivity index (χ3v) is 10.7. The van der Waals surface area contributed by atoms with Crippen molar-refractivity contribution in [2.45, 2.75) is 141 Å². The molecule has 0 bridgehead atoms. The Morgan fingerprint density at radius 1 is 1.06 bits per heavy atom. The summed E-state index contributed by atoms with van der Waals surface area (Å²) in [4.78, 5) is 30.7. The number of ether oxygens (including phenoxy) is 4. The Morgan fingerprint density at radius 2 is 1.67 bits per heavy atom. The van der Waals surface area contributed by atoms with E-state index >= 15 is 0 Å². The van der Waals surface area contributed by atoms with Gasteiger partial charge in [-0.05, 0) is 93.1 Å². The van der Waals surface area contributed by atoms with Gasteiger partial charge < -0.3 is 49.2 Å². The topological polar surface area (TPSA) is 158 Å². The second kappa shape index (κ2) is 16.9. The van der Waals surface area contributed by atoms with Crippen LogP contribution in [-0.4, -0.2) is 136 Å². The Bertz CT molecular complexity index is 1210. The average molecular weight is 695 g/mol. The molecule has 0 aliphatic carbocycles. The zero-order valence-electron chi connectivity index (χ0n) is 31.3. The lowest BCUT2D eigenvalue weighted by molar-refractivity contribution is -0.298. The minimum Gasteiger partial charge on any atom is -0.459 e. The van der Waals surface area contributed by atoms with Crippen LogP contribution in [0.25, 0.3) is 0 Å². The fourth-order valence-corrected chi connectivity index (χ4v) is 7.61. The summed E-state index contributed by atoms with van der Waals surface area (Å²) >= 11 is 0. The third kappa shape index (κ3) is 9.79. The molecule has 2 heterocycles. The Morgan fingerprint density at radius 3 is 2.24 bits per heavy atom. The molecule has 49 heavy (non-hydrogen) atoms. The van der Waals surface area contributed by atoms with Crippen molar-refractivity contribution in [3.8, 4) is 0 Å². The van der Waals surface area contributed by atoms with E-state index in [1.807, 2.05) is 50.9 Å². The molecule has 1 aromatic carbocycles. The molecule has 4 N–H and O–H groups in total. The molecule has 2 aliphatic rings. The first-order valence-corrected chi connectivity index (χ1v) is 17.7. The number of likely N-dealkylation sites (N-methyl/N-ethyl adjacent to an activating group) is 2. The van der Waals surface area contributed by atoms with Gasteiger partial charge in [-0.2, -0.15) is 0 Å². The smallest absolute Gasteiger partial charge is 0.338 e. The molecule has 12 heteroatoms. The molecule has 280 valence electrons. The Labute approximate surface area is 292 Å². The van der Waals surface area contributed by atoms with Crippen LogP contribution >= 0.6 is 0 Å². The Balaban J connectivity index is 2.06. The highest BCUT2D eigenvalue weighted by atomic mass is 16.7. The fourth-order valence-electron chi connectivity index (χ4n) is 7.61. The van der Waals surface area contributed by atoms with Gasteiger partial charge in [-0.3, -0.25) is 4.79 Å². The van der Waals surface area contributed by atoms with E-state index < -0.39 is 77.8 Å².